The van der Waals surface area contributed by atoms with Crippen LogP contribution in [-0.4, -0.2) is 32.8 Å². The van der Waals surface area contributed by atoms with Crippen molar-refractivity contribution >= 4 is 12.1 Å². The van der Waals surface area contributed by atoms with Gasteiger partial charge in [0.15, 0.2) is 12.4 Å². The van der Waals surface area contributed by atoms with Gasteiger partial charge in [-0.05, 0) is 50.6 Å². The van der Waals surface area contributed by atoms with E-state index >= 15 is 0 Å². The average molecular weight is 442 g/mol. The van der Waals surface area contributed by atoms with Crippen LogP contribution in [-0.2, 0) is 29.0 Å². The van der Waals surface area contributed by atoms with Crippen molar-refractivity contribution < 1.29 is 28.0 Å². The molecule has 168 valence electrons. The van der Waals surface area contributed by atoms with Crippen molar-refractivity contribution in [2.75, 3.05) is 0 Å². The summed E-state index contributed by atoms with van der Waals surface area (Å²) < 4.78 is 28.7. The molecule has 3 aromatic rings. The Morgan fingerprint density at radius 3 is 2.75 bits per heavy atom. The number of rotatable bonds is 7. The molecule has 1 N–H and O–H groups in total. The lowest BCUT2D eigenvalue weighted by Crippen LogP contribution is -2.32. The number of hydrogen-bond donors (Lipinski definition) is 1. The molecule has 0 spiro atoms. The van der Waals surface area contributed by atoms with E-state index in [1.54, 1.807) is 32.9 Å². The Kier molecular flexibility index (Phi) is 7.14. The van der Waals surface area contributed by atoms with Crippen molar-refractivity contribution in [2.45, 2.75) is 45.9 Å². The highest BCUT2D eigenvalue weighted by Gasteiger charge is 2.17. The number of alkyl carbamates (subject to hydrolysis) is 1. The van der Waals surface area contributed by atoms with Gasteiger partial charge < -0.3 is 19.3 Å². The molecule has 3 rings (SSSR count). The minimum atomic E-state index is -0.616. The van der Waals surface area contributed by atoms with Gasteiger partial charge in [-0.2, -0.15) is 4.98 Å². The molecule has 1 amide bonds. The number of pyridine rings is 1. The minimum Gasteiger partial charge on any atom is -0.452 e. The Labute approximate surface area is 184 Å². The van der Waals surface area contributed by atoms with Crippen LogP contribution in [0.25, 0.3) is 0 Å². The molecule has 10 heteroatoms. The van der Waals surface area contributed by atoms with Crippen LogP contribution < -0.4 is 5.32 Å². The van der Waals surface area contributed by atoms with Gasteiger partial charge in [-0.15, -0.1) is 0 Å². The first-order valence-corrected chi connectivity index (χ1v) is 9.83. The van der Waals surface area contributed by atoms with Gasteiger partial charge in [0.1, 0.15) is 11.4 Å². The predicted octanol–water partition coefficient (Wildman–Crippen LogP) is 3.58. The number of esters is 1. The first kappa shape index (κ1) is 22.9. The second-order valence-electron chi connectivity index (χ2n) is 7.88. The number of nitrogens with one attached hydrogen (secondary N) is 1. The molecule has 0 unspecified atom stereocenters. The first-order valence-electron chi connectivity index (χ1n) is 9.83. The average Bonchev–Trinajstić information content (AvgIpc) is 3.17. The van der Waals surface area contributed by atoms with Crippen LogP contribution in [0.15, 0.2) is 47.1 Å². The molecule has 9 nitrogen and oxygen atoms in total. The van der Waals surface area contributed by atoms with Gasteiger partial charge in [-0.1, -0.05) is 17.3 Å². The van der Waals surface area contributed by atoms with Gasteiger partial charge in [0.2, 0.25) is 0 Å². The van der Waals surface area contributed by atoms with Crippen LogP contribution in [0.4, 0.5) is 9.18 Å². The zero-order valence-corrected chi connectivity index (χ0v) is 17.9. The third kappa shape index (κ3) is 7.15. The fourth-order valence-electron chi connectivity index (χ4n) is 2.64. The molecule has 0 bridgehead atoms. The van der Waals surface area contributed by atoms with Crippen molar-refractivity contribution in [2.24, 2.45) is 0 Å². The van der Waals surface area contributed by atoms with Crippen molar-refractivity contribution in [3.05, 3.63) is 76.9 Å². The Hall–Kier alpha value is -3.82. The highest BCUT2D eigenvalue weighted by atomic mass is 19.1. The lowest BCUT2D eigenvalue weighted by atomic mass is 10.1. The third-order valence-corrected chi connectivity index (χ3v) is 3.95. The van der Waals surface area contributed by atoms with Gasteiger partial charge in [-0.3, -0.25) is 4.98 Å². The van der Waals surface area contributed by atoms with Crippen molar-refractivity contribution in [1.82, 2.24) is 20.4 Å². The third-order valence-electron chi connectivity index (χ3n) is 3.95. The van der Waals surface area contributed by atoms with Crippen molar-refractivity contribution in [3.63, 3.8) is 0 Å². The summed E-state index contributed by atoms with van der Waals surface area (Å²) in [6, 6.07) is 9.07. The number of halogens is 1. The molecule has 0 aliphatic heterocycles. The molecular formula is C22H23FN4O5. The molecular weight excluding hydrogens is 419 g/mol. The smallest absolute Gasteiger partial charge is 0.407 e. The second-order valence-corrected chi connectivity index (χ2v) is 7.88. The van der Waals surface area contributed by atoms with Crippen LogP contribution in [0.3, 0.4) is 0 Å². The molecule has 2 heterocycles. The van der Waals surface area contributed by atoms with Gasteiger partial charge >= 0.3 is 12.1 Å². The number of carbonyl (C=O) groups is 2. The minimum absolute atomic E-state index is 0.0864. The van der Waals surface area contributed by atoms with E-state index in [0.29, 0.717) is 17.1 Å². The lowest BCUT2D eigenvalue weighted by molar-refractivity contribution is 0.0429. The quantitative estimate of drug-likeness (QED) is 0.552. The number of aromatic nitrogens is 3. The van der Waals surface area contributed by atoms with E-state index in [2.05, 4.69) is 20.4 Å². The molecule has 0 fully saturated rings. The van der Waals surface area contributed by atoms with E-state index in [-0.39, 0.29) is 36.8 Å². The van der Waals surface area contributed by atoms with E-state index in [1.165, 1.54) is 30.5 Å². The number of amides is 1. The summed E-state index contributed by atoms with van der Waals surface area (Å²) in [7, 11) is 0. The monoisotopic (exact) mass is 442 g/mol. The maximum absolute atomic E-state index is 13.3. The zero-order chi connectivity index (χ0) is 23.1. The number of nitrogens with zero attached hydrogens (tertiary/aromatic N) is 3. The topological polar surface area (TPSA) is 116 Å². The summed E-state index contributed by atoms with van der Waals surface area (Å²) in [6.45, 7) is 5.14. The van der Waals surface area contributed by atoms with E-state index in [4.69, 9.17) is 14.0 Å². The Bertz CT molecular complexity index is 1090. The Morgan fingerprint density at radius 1 is 1.19 bits per heavy atom. The molecule has 0 saturated heterocycles. The van der Waals surface area contributed by atoms with Crippen LogP contribution in [0.2, 0.25) is 0 Å². The highest BCUT2D eigenvalue weighted by molar-refractivity contribution is 5.89. The Balaban J connectivity index is 1.51. The maximum Gasteiger partial charge on any atom is 0.407 e. The van der Waals surface area contributed by atoms with E-state index < -0.39 is 17.7 Å². The summed E-state index contributed by atoms with van der Waals surface area (Å²) in [5.74, 6) is -0.499. The number of carbonyl (C=O) groups excluding carboxylic acids is 2. The number of ether oxygens (including phenoxy) is 2. The fourth-order valence-corrected chi connectivity index (χ4v) is 2.64. The second kappa shape index (κ2) is 9.99. The van der Waals surface area contributed by atoms with Gasteiger partial charge in [0, 0.05) is 12.6 Å². The normalized spacial score (nSPS) is 11.1. The fraction of sp³-hybridized carbons (Fsp3) is 0.318. The van der Waals surface area contributed by atoms with E-state index in [9.17, 15) is 14.0 Å². The standard InChI is InChI=1S/C22H23FN4O5/c1-22(2,3)31-21(29)25-12-17-11-15(7-8-24-17)20(28)30-13-19-26-18(27-32-19)10-14-5-4-6-16(23)9-14/h4-9,11H,10,12-13H2,1-3H3,(H,25,29). The van der Waals surface area contributed by atoms with E-state index in [1.807, 2.05) is 0 Å². The molecule has 0 radical (unpaired) electrons. The molecule has 2 aromatic heterocycles. The lowest BCUT2D eigenvalue weighted by Gasteiger charge is -2.19. The maximum atomic E-state index is 13.3. The molecule has 0 atom stereocenters. The molecule has 32 heavy (non-hydrogen) atoms. The molecule has 1 aromatic carbocycles. The zero-order valence-electron chi connectivity index (χ0n) is 17.9. The van der Waals surface area contributed by atoms with Crippen LogP contribution in [0.1, 0.15) is 54.1 Å². The van der Waals surface area contributed by atoms with Gasteiger partial charge in [-0.25, -0.2) is 14.0 Å². The van der Waals surface area contributed by atoms with E-state index in [0.717, 1.165) is 0 Å². The van der Waals surface area contributed by atoms with Crippen molar-refractivity contribution in [3.8, 4) is 0 Å². The summed E-state index contributed by atoms with van der Waals surface area (Å²) in [5.41, 5.74) is 0.786. The van der Waals surface area contributed by atoms with Crippen molar-refractivity contribution in [1.29, 1.82) is 0 Å². The molecule has 0 saturated carbocycles. The molecule has 0 aliphatic rings. The number of benzene rings is 1. The number of hydrogen-bond acceptors (Lipinski definition) is 8. The van der Waals surface area contributed by atoms with Crippen LogP contribution in [0.5, 0.6) is 0 Å². The van der Waals surface area contributed by atoms with Gasteiger partial charge in [0.05, 0.1) is 17.8 Å². The summed E-state index contributed by atoms with van der Waals surface area (Å²) in [4.78, 5) is 32.3. The summed E-state index contributed by atoms with van der Waals surface area (Å²) in [6.07, 6.45) is 1.14. The highest BCUT2D eigenvalue weighted by Crippen LogP contribution is 2.11. The SMILES string of the molecule is CC(C)(C)OC(=O)NCc1cc(C(=O)OCc2nc(Cc3cccc(F)c3)no2)ccn1. The first-order chi connectivity index (χ1) is 15.2. The van der Waals surface area contributed by atoms with Crippen LogP contribution in [0, 0.1) is 5.82 Å². The molecule has 0 aliphatic carbocycles. The van der Waals surface area contributed by atoms with Crippen LogP contribution >= 0.6 is 0 Å². The summed E-state index contributed by atoms with van der Waals surface area (Å²) in [5, 5.41) is 6.38. The Morgan fingerprint density at radius 2 is 2.00 bits per heavy atom. The largest absolute Gasteiger partial charge is 0.452 e. The summed E-state index contributed by atoms with van der Waals surface area (Å²) >= 11 is 0. The van der Waals surface area contributed by atoms with Gasteiger partial charge in [0.25, 0.3) is 5.89 Å². The predicted molar refractivity (Wildman–Crippen MR) is 110 cm³/mol.